The van der Waals surface area contributed by atoms with Crippen LogP contribution in [0.5, 0.6) is 0 Å². The number of esters is 1. The average molecular weight is 336 g/mol. The van der Waals surface area contributed by atoms with Gasteiger partial charge in [-0.2, -0.15) is 0 Å². The van der Waals surface area contributed by atoms with Gasteiger partial charge in [-0.1, -0.05) is 30.3 Å². The highest BCUT2D eigenvalue weighted by Crippen LogP contribution is 2.06. The molecule has 0 atom stereocenters. The number of aromatic nitrogens is 1. The highest BCUT2D eigenvalue weighted by molar-refractivity contribution is 9.10. The lowest BCUT2D eigenvalue weighted by atomic mass is 10.2. The molecular weight excluding hydrogens is 322 g/mol. The maximum Gasteiger partial charge on any atom is 0.326 e. The number of hydrogen-bond donors (Lipinski definition) is 0. The molecule has 0 aliphatic rings. The zero-order chi connectivity index (χ0) is 14.5. The zero-order valence-corrected chi connectivity index (χ0v) is 12.6. The van der Waals surface area contributed by atoms with Gasteiger partial charge in [0.25, 0.3) is 5.56 Å². The molecule has 0 N–H and O–H groups in total. The summed E-state index contributed by atoms with van der Waals surface area (Å²) in [5, 5.41) is 0. The number of benzene rings is 1. The van der Waals surface area contributed by atoms with Crippen molar-refractivity contribution in [3.8, 4) is 0 Å². The van der Waals surface area contributed by atoms with E-state index in [1.807, 2.05) is 37.3 Å². The first-order valence-electron chi connectivity index (χ1n) is 6.12. The largest absolute Gasteiger partial charge is 0.459 e. The number of pyridine rings is 1. The van der Waals surface area contributed by atoms with Crippen LogP contribution in [0.4, 0.5) is 0 Å². The minimum absolute atomic E-state index is 0.0913. The monoisotopic (exact) mass is 335 g/mol. The molecule has 0 amide bonds. The molecule has 4 nitrogen and oxygen atoms in total. The lowest BCUT2D eigenvalue weighted by Gasteiger charge is -2.08. The van der Waals surface area contributed by atoms with Crippen LogP contribution in [0.25, 0.3) is 0 Å². The van der Waals surface area contributed by atoms with Crippen LogP contribution in [0.3, 0.4) is 0 Å². The molecule has 1 aromatic carbocycles. The number of halogens is 1. The van der Waals surface area contributed by atoms with Crippen molar-refractivity contribution in [3.63, 3.8) is 0 Å². The Morgan fingerprint density at radius 3 is 2.70 bits per heavy atom. The molecule has 2 rings (SSSR count). The van der Waals surface area contributed by atoms with Crippen LogP contribution in [0, 0.1) is 6.92 Å². The van der Waals surface area contributed by atoms with Crippen molar-refractivity contribution in [2.24, 2.45) is 0 Å². The minimum atomic E-state index is -0.437. The molecular formula is C15H14BrNO3. The minimum Gasteiger partial charge on any atom is -0.459 e. The van der Waals surface area contributed by atoms with Gasteiger partial charge in [-0.05, 0) is 40.0 Å². The van der Waals surface area contributed by atoms with Crippen molar-refractivity contribution < 1.29 is 9.53 Å². The maximum absolute atomic E-state index is 11.8. The normalized spacial score (nSPS) is 10.3. The Bertz CT molecular complexity index is 665. The molecule has 0 bridgehead atoms. The van der Waals surface area contributed by atoms with Crippen molar-refractivity contribution in [2.75, 3.05) is 0 Å². The summed E-state index contributed by atoms with van der Waals surface area (Å²) in [6.07, 6.45) is 1.64. The summed E-state index contributed by atoms with van der Waals surface area (Å²) in [6, 6.07) is 11.1. The van der Waals surface area contributed by atoms with Crippen molar-refractivity contribution in [3.05, 3.63) is 68.5 Å². The zero-order valence-electron chi connectivity index (χ0n) is 11.0. The van der Waals surface area contributed by atoms with E-state index in [1.54, 1.807) is 12.3 Å². The van der Waals surface area contributed by atoms with Crippen LogP contribution in [-0.4, -0.2) is 10.5 Å². The Kier molecular flexibility index (Phi) is 4.74. The topological polar surface area (TPSA) is 48.3 Å². The van der Waals surface area contributed by atoms with E-state index in [-0.39, 0.29) is 18.7 Å². The van der Waals surface area contributed by atoms with Crippen LogP contribution in [0.2, 0.25) is 0 Å². The number of carbonyl (C=O) groups excluding carboxylic acids is 1. The van der Waals surface area contributed by atoms with Gasteiger partial charge in [0.15, 0.2) is 0 Å². The molecule has 1 heterocycles. The second kappa shape index (κ2) is 6.52. The van der Waals surface area contributed by atoms with Crippen molar-refractivity contribution in [2.45, 2.75) is 20.1 Å². The van der Waals surface area contributed by atoms with Crippen LogP contribution < -0.4 is 5.56 Å². The molecule has 104 valence electrons. The van der Waals surface area contributed by atoms with Gasteiger partial charge in [0, 0.05) is 6.20 Å². The first kappa shape index (κ1) is 14.5. The third-order valence-corrected chi connectivity index (χ3v) is 3.29. The summed E-state index contributed by atoms with van der Waals surface area (Å²) in [4.78, 5) is 23.6. The second-order valence-corrected chi connectivity index (χ2v) is 5.30. The lowest BCUT2D eigenvalue weighted by Crippen LogP contribution is -2.25. The fraction of sp³-hybridized carbons (Fsp3) is 0.200. The Hall–Kier alpha value is -1.88. The number of rotatable bonds is 4. The Balaban J connectivity index is 2.00. The SMILES string of the molecule is Cc1cc(Br)c(=O)n(CC(=O)OCc2ccccc2)c1. The van der Waals surface area contributed by atoms with E-state index >= 15 is 0 Å². The quantitative estimate of drug-likeness (QED) is 0.807. The van der Waals surface area contributed by atoms with E-state index in [0.717, 1.165) is 11.1 Å². The molecule has 2 aromatic rings. The molecule has 0 unspecified atom stereocenters. The standard InChI is InChI=1S/C15H14BrNO3/c1-11-7-13(16)15(19)17(8-11)9-14(18)20-10-12-5-3-2-4-6-12/h2-8H,9-10H2,1H3. The van der Waals surface area contributed by atoms with Crippen molar-refractivity contribution in [1.29, 1.82) is 0 Å². The average Bonchev–Trinajstić information content (AvgIpc) is 2.43. The Labute approximate surface area is 125 Å². The van der Waals surface area contributed by atoms with Gasteiger partial charge in [-0.15, -0.1) is 0 Å². The molecule has 0 radical (unpaired) electrons. The summed E-state index contributed by atoms with van der Waals surface area (Å²) in [5.41, 5.74) is 1.57. The molecule has 1 aromatic heterocycles. The number of hydrogen-bond acceptors (Lipinski definition) is 3. The summed E-state index contributed by atoms with van der Waals surface area (Å²) in [5.74, 6) is -0.437. The van der Waals surface area contributed by atoms with Crippen LogP contribution >= 0.6 is 15.9 Å². The van der Waals surface area contributed by atoms with Gasteiger partial charge in [-0.3, -0.25) is 9.59 Å². The summed E-state index contributed by atoms with van der Waals surface area (Å²) < 4.78 is 6.93. The van der Waals surface area contributed by atoms with Gasteiger partial charge in [0.05, 0.1) is 4.47 Å². The molecule has 5 heteroatoms. The third kappa shape index (κ3) is 3.81. The van der Waals surface area contributed by atoms with E-state index < -0.39 is 5.97 Å². The van der Waals surface area contributed by atoms with E-state index in [1.165, 1.54) is 4.57 Å². The van der Waals surface area contributed by atoms with Gasteiger partial charge in [0.1, 0.15) is 13.2 Å². The molecule has 0 aliphatic heterocycles. The van der Waals surface area contributed by atoms with E-state index in [9.17, 15) is 9.59 Å². The van der Waals surface area contributed by atoms with Crippen molar-refractivity contribution >= 4 is 21.9 Å². The fourth-order valence-electron chi connectivity index (χ4n) is 1.78. The van der Waals surface area contributed by atoms with Gasteiger partial charge in [0.2, 0.25) is 0 Å². The molecule has 0 saturated heterocycles. The number of aryl methyl sites for hydroxylation is 1. The third-order valence-electron chi connectivity index (χ3n) is 2.72. The first-order valence-corrected chi connectivity index (χ1v) is 6.91. The van der Waals surface area contributed by atoms with Crippen LogP contribution in [-0.2, 0) is 22.7 Å². The van der Waals surface area contributed by atoms with Crippen molar-refractivity contribution in [1.82, 2.24) is 4.57 Å². The first-order chi connectivity index (χ1) is 9.56. The maximum atomic E-state index is 11.8. The fourth-order valence-corrected chi connectivity index (χ4v) is 2.37. The molecule has 20 heavy (non-hydrogen) atoms. The molecule has 0 saturated carbocycles. The van der Waals surface area contributed by atoms with Crippen LogP contribution in [0.15, 0.2) is 51.9 Å². The smallest absolute Gasteiger partial charge is 0.326 e. The van der Waals surface area contributed by atoms with Crippen LogP contribution in [0.1, 0.15) is 11.1 Å². The van der Waals surface area contributed by atoms with E-state index in [2.05, 4.69) is 15.9 Å². The number of carbonyl (C=O) groups is 1. The molecule has 0 aliphatic carbocycles. The van der Waals surface area contributed by atoms with Gasteiger partial charge < -0.3 is 9.30 Å². The summed E-state index contributed by atoms with van der Waals surface area (Å²) >= 11 is 3.18. The predicted molar refractivity (Wildman–Crippen MR) is 79.4 cm³/mol. The predicted octanol–water partition coefficient (Wildman–Crippen LogP) is 2.66. The number of nitrogens with zero attached hydrogens (tertiary/aromatic N) is 1. The van der Waals surface area contributed by atoms with Gasteiger partial charge >= 0.3 is 5.97 Å². The molecule has 0 spiro atoms. The second-order valence-electron chi connectivity index (χ2n) is 4.44. The van der Waals surface area contributed by atoms with E-state index in [0.29, 0.717) is 4.47 Å². The highest BCUT2D eigenvalue weighted by Gasteiger charge is 2.08. The van der Waals surface area contributed by atoms with Gasteiger partial charge in [-0.25, -0.2) is 0 Å². The Morgan fingerprint density at radius 2 is 2.00 bits per heavy atom. The lowest BCUT2D eigenvalue weighted by molar-refractivity contribution is -0.145. The summed E-state index contributed by atoms with van der Waals surface area (Å²) in [6.45, 7) is 1.98. The summed E-state index contributed by atoms with van der Waals surface area (Å²) in [7, 11) is 0. The highest BCUT2D eigenvalue weighted by atomic mass is 79.9. The van der Waals surface area contributed by atoms with E-state index in [4.69, 9.17) is 4.74 Å². The molecule has 0 fully saturated rings. The Morgan fingerprint density at radius 1 is 1.30 bits per heavy atom. The number of ether oxygens (including phenoxy) is 1.